The SMILES string of the molecule is C1=CC2C(c3ccccc3N2c2ccccc2)c2c1oc1ccc(-c3ccc(-c4nc(-c5ccccc5)nc(-c5ccccc5)n4)cc3)cc21. The molecule has 2 unspecified atom stereocenters. The molecule has 0 saturated heterocycles. The van der Waals surface area contributed by atoms with Crippen LogP contribution in [0.25, 0.3) is 62.3 Å². The number of furan rings is 1. The van der Waals surface area contributed by atoms with E-state index < -0.39 is 0 Å². The van der Waals surface area contributed by atoms with Gasteiger partial charge in [0.05, 0.1) is 6.04 Å². The minimum atomic E-state index is 0.159. The number of benzene rings is 6. The number of rotatable bonds is 5. The van der Waals surface area contributed by atoms with E-state index in [0.717, 1.165) is 44.5 Å². The highest BCUT2D eigenvalue weighted by Gasteiger charge is 2.43. The van der Waals surface area contributed by atoms with Crippen LogP contribution >= 0.6 is 0 Å². The third-order valence-electron chi connectivity index (χ3n) is 9.89. The molecule has 5 heteroatoms. The van der Waals surface area contributed by atoms with Gasteiger partial charge in [-0.05, 0) is 53.1 Å². The van der Waals surface area contributed by atoms with Crippen LogP contribution in [-0.4, -0.2) is 21.0 Å². The fourth-order valence-electron chi connectivity index (χ4n) is 7.58. The zero-order chi connectivity index (χ0) is 33.0. The summed E-state index contributed by atoms with van der Waals surface area (Å²) in [5.41, 5.74) is 11.0. The van der Waals surface area contributed by atoms with Gasteiger partial charge in [-0.25, -0.2) is 15.0 Å². The highest BCUT2D eigenvalue weighted by molar-refractivity contribution is 5.93. The molecule has 0 amide bonds. The molecule has 0 radical (unpaired) electrons. The normalized spacial score (nSPS) is 15.9. The molecule has 8 aromatic rings. The van der Waals surface area contributed by atoms with Gasteiger partial charge >= 0.3 is 0 Å². The number of fused-ring (bicyclic) bond motifs is 7. The first-order chi connectivity index (χ1) is 24.8. The second-order valence-electron chi connectivity index (χ2n) is 12.8. The zero-order valence-electron chi connectivity index (χ0n) is 27.0. The van der Waals surface area contributed by atoms with Crippen LogP contribution < -0.4 is 4.90 Å². The van der Waals surface area contributed by atoms with E-state index in [1.807, 2.05) is 60.7 Å². The van der Waals surface area contributed by atoms with Crippen LogP contribution in [0.15, 0.2) is 168 Å². The van der Waals surface area contributed by atoms with E-state index in [0.29, 0.717) is 17.5 Å². The number of nitrogens with zero attached hydrogens (tertiary/aromatic N) is 4. The van der Waals surface area contributed by atoms with E-state index in [2.05, 4.69) is 114 Å². The first kappa shape index (κ1) is 28.4. The van der Waals surface area contributed by atoms with Gasteiger partial charge in [0.1, 0.15) is 11.3 Å². The van der Waals surface area contributed by atoms with Gasteiger partial charge in [-0.2, -0.15) is 0 Å². The molecular formula is C45H30N4O. The summed E-state index contributed by atoms with van der Waals surface area (Å²) in [6, 6.07) is 54.8. The lowest BCUT2D eigenvalue weighted by Crippen LogP contribution is -2.30. The van der Waals surface area contributed by atoms with Crippen molar-refractivity contribution < 1.29 is 4.42 Å². The number of para-hydroxylation sites is 2. The molecule has 50 heavy (non-hydrogen) atoms. The van der Waals surface area contributed by atoms with Gasteiger partial charge < -0.3 is 9.32 Å². The van der Waals surface area contributed by atoms with Crippen molar-refractivity contribution in [2.75, 3.05) is 4.90 Å². The molecule has 6 aromatic carbocycles. The lowest BCUT2D eigenvalue weighted by Gasteiger charge is -2.30. The van der Waals surface area contributed by atoms with Crippen LogP contribution in [0, 0.1) is 0 Å². The molecule has 0 N–H and O–H groups in total. The van der Waals surface area contributed by atoms with Gasteiger partial charge in [-0.3, -0.25) is 0 Å². The van der Waals surface area contributed by atoms with Gasteiger partial charge in [-0.1, -0.05) is 133 Å². The van der Waals surface area contributed by atoms with Crippen LogP contribution in [-0.2, 0) is 0 Å². The van der Waals surface area contributed by atoms with Crippen molar-refractivity contribution in [2.45, 2.75) is 12.0 Å². The predicted molar refractivity (Wildman–Crippen MR) is 201 cm³/mol. The number of hydrogen-bond donors (Lipinski definition) is 0. The Balaban J connectivity index is 1.04. The third kappa shape index (κ3) is 4.66. The molecule has 2 aliphatic rings. The van der Waals surface area contributed by atoms with E-state index in [9.17, 15) is 0 Å². The topological polar surface area (TPSA) is 55.1 Å². The highest BCUT2D eigenvalue weighted by atomic mass is 16.3. The second-order valence-corrected chi connectivity index (χ2v) is 12.8. The van der Waals surface area contributed by atoms with Crippen molar-refractivity contribution in [3.63, 3.8) is 0 Å². The van der Waals surface area contributed by atoms with Crippen LogP contribution in [0.2, 0.25) is 0 Å². The summed E-state index contributed by atoms with van der Waals surface area (Å²) in [6.07, 6.45) is 4.46. The first-order valence-electron chi connectivity index (χ1n) is 16.9. The van der Waals surface area contributed by atoms with Crippen molar-refractivity contribution in [3.05, 3.63) is 181 Å². The maximum absolute atomic E-state index is 6.49. The van der Waals surface area contributed by atoms with Crippen molar-refractivity contribution in [1.82, 2.24) is 15.0 Å². The maximum atomic E-state index is 6.49. The summed E-state index contributed by atoms with van der Waals surface area (Å²) >= 11 is 0. The van der Waals surface area contributed by atoms with E-state index >= 15 is 0 Å². The fourth-order valence-corrected chi connectivity index (χ4v) is 7.58. The Kier molecular flexibility index (Phi) is 6.56. The van der Waals surface area contributed by atoms with Crippen LogP contribution in [0.3, 0.4) is 0 Å². The molecule has 236 valence electrons. The van der Waals surface area contributed by atoms with Gasteiger partial charge in [0.15, 0.2) is 17.5 Å². The Bertz CT molecular complexity index is 2480. The molecule has 0 fully saturated rings. The molecule has 2 aromatic heterocycles. The molecule has 0 spiro atoms. The fraction of sp³-hybridized carbons (Fsp3) is 0.0444. The lowest BCUT2D eigenvalue weighted by atomic mass is 9.82. The molecule has 5 nitrogen and oxygen atoms in total. The van der Waals surface area contributed by atoms with Gasteiger partial charge in [0, 0.05) is 44.9 Å². The summed E-state index contributed by atoms with van der Waals surface area (Å²) in [6.45, 7) is 0. The Morgan fingerprint density at radius 2 is 1.04 bits per heavy atom. The number of aromatic nitrogens is 3. The standard InChI is InChI=1S/C45H30N4O/c1-4-12-30(13-5-1)43-46-44(31-14-6-2-7-15-31)48-45(47-43)32-22-20-29(21-23-32)33-24-26-39-36(28-33)42-40(50-39)27-25-38-41(42)35-18-10-11-19-37(35)49(38)34-16-8-3-9-17-34/h1-28,38,41H. The Labute approximate surface area is 289 Å². The summed E-state index contributed by atoms with van der Waals surface area (Å²) in [4.78, 5) is 17.1. The van der Waals surface area contributed by atoms with Crippen LogP contribution in [0.4, 0.5) is 11.4 Å². The van der Waals surface area contributed by atoms with Gasteiger partial charge in [-0.15, -0.1) is 0 Å². The molecule has 10 rings (SSSR count). The first-order valence-corrected chi connectivity index (χ1v) is 16.9. The summed E-state index contributed by atoms with van der Waals surface area (Å²) < 4.78 is 6.49. The number of anilines is 2. The third-order valence-corrected chi connectivity index (χ3v) is 9.89. The lowest BCUT2D eigenvalue weighted by molar-refractivity contribution is 0.584. The smallest absolute Gasteiger partial charge is 0.164 e. The second kappa shape index (κ2) is 11.5. The maximum Gasteiger partial charge on any atom is 0.164 e. The largest absolute Gasteiger partial charge is 0.456 e. The molecule has 1 aliphatic carbocycles. The van der Waals surface area contributed by atoms with Gasteiger partial charge in [0.2, 0.25) is 0 Å². The molecule has 0 bridgehead atoms. The van der Waals surface area contributed by atoms with Crippen LogP contribution in [0.1, 0.15) is 22.8 Å². The van der Waals surface area contributed by atoms with E-state index in [-0.39, 0.29) is 12.0 Å². The average Bonchev–Trinajstić information content (AvgIpc) is 3.74. The average molecular weight is 643 g/mol. The predicted octanol–water partition coefficient (Wildman–Crippen LogP) is 11.0. The van der Waals surface area contributed by atoms with Gasteiger partial charge in [0.25, 0.3) is 0 Å². The molecule has 0 saturated carbocycles. The van der Waals surface area contributed by atoms with Crippen molar-refractivity contribution in [1.29, 1.82) is 0 Å². The molecule has 1 aliphatic heterocycles. The molecule has 2 atom stereocenters. The van der Waals surface area contributed by atoms with E-state index in [4.69, 9.17) is 19.4 Å². The Morgan fingerprint density at radius 1 is 0.500 bits per heavy atom. The Morgan fingerprint density at radius 3 is 1.70 bits per heavy atom. The summed E-state index contributed by atoms with van der Waals surface area (Å²) in [5, 5.41) is 1.16. The van der Waals surface area contributed by atoms with Crippen LogP contribution in [0.5, 0.6) is 0 Å². The number of hydrogen-bond acceptors (Lipinski definition) is 5. The monoisotopic (exact) mass is 642 g/mol. The molecular weight excluding hydrogens is 613 g/mol. The molecule has 3 heterocycles. The summed E-state index contributed by atoms with van der Waals surface area (Å²) in [5.74, 6) is 3.05. The zero-order valence-corrected chi connectivity index (χ0v) is 27.0. The van der Waals surface area contributed by atoms with E-state index in [1.165, 1.54) is 22.5 Å². The van der Waals surface area contributed by atoms with E-state index in [1.54, 1.807) is 0 Å². The summed E-state index contributed by atoms with van der Waals surface area (Å²) in [7, 11) is 0. The Hall–Kier alpha value is -6.59. The van der Waals surface area contributed by atoms with Crippen molar-refractivity contribution >= 4 is 28.4 Å². The highest BCUT2D eigenvalue weighted by Crippen LogP contribution is 2.53. The quantitative estimate of drug-likeness (QED) is 0.187. The minimum Gasteiger partial charge on any atom is -0.456 e. The van der Waals surface area contributed by atoms with Crippen molar-refractivity contribution in [2.24, 2.45) is 0 Å². The minimum absolute atomic E-state index is 0.159. The van der Waals surface area contributed by atoms with Crippen molar-refractivity contribution in [3.8, 4) is 45.3 Å².